The van der Waals surface area contributed by atoms with Crippen LogP contribution >= 0.6 is 15.9 Å². The van der Waals surface area contributed by atoms with E-state index in [-0.39, 0.29) is 35.6 Å². The smallest absolute Gasteiger partial charge is 0.278 e. The second-order valence-corrected chi connectivity index (χ2v) is 11.5. The maximum absolute atomic E-state index is 14.8. The number of nitrogens with zero attached hydrogens (tertiary/aromatic N) is 3. The van der Waals surface area contributed by atoms with Gasteiger partial charge in [0.05, 0.1) is 0 Å². The zero-order chi connectivity index (χ0) is 30.1. The number of halogens is 3. The Labute approximate surface area is 256 Å². The molecule has 0 saturated heterocycles. The lowest BCUT2D eigenvalue weighted by atomic mass is 9.89. The van der Waals surface area contributed by atoms with E-state index in [1.54, 1.807) is 9.58 Å². The lowest BCUT2D eigenvalue weighted by molar-refractivity contribution is 0.0266. The van der Waals surface area contributed by atoms with Crippen molar-refractivity contribution >= 4 is 21.8 Å². The molecule has 4 aromatic rings. The summed E-state index contributed by atoms with van der Waals surface area (Å²) in [6.07, 6.45) is 3.97. The number of amides is 1. The first kappa shape index (κ1) is 28.9. The zero-order valence-corrected chi connectivity index (χ0v) is 24.8. The molecule has 0 radical (unpaired) electrons. The number of aromatic hydroxyl groups is 1. The van der Waals surface area contributed by atoms with Crippen LogP contribution < -0.4 is 15.2 Å². The number of phenols is 1. The van der Waals surface area contributed by atoms with Crippen molar-refractivity contribution in [3.63, 3.8) is 0 Å². The van der Waals surface area contributed by atoms with Crippen LogP contribution in [0, 0.1) is 11.6 Å². The van der Waals surface area contributed by atoms with Crippen molar-refractivity contribution in [1.82, 2.24) is 9.58 Å². The molecule has 1 aliphatic heterocycles. The number of benzene rings is 3. The van der Waals surface area contributed by atoms with Crippen molar-refractivity contribution in [2.75, 3.05) is 10.3 Å². The fourth-order valence-electron chi connectivity index (χ4n) is 5.92. The van der Waals surface area contributed by atoms with Gasteiger partial charge in [0.1, 0.15) is 24.6 Å². The summed E-state index contributed by atoms with van der Waals surface area (Å²) in [5.74, 6) is -3.14. The van der Waals surface area contributed by atoms with Gasteiger partial charge in [0, 0.05) is 35.3 Å². The summed E-state index contributed by atoms with van der Waals surface area (Å²) in [6, 6.07) is 20.6. The average Bonchev–Trinajstić information content (AvgIpc) is 2.98. The predicted molar refractivity (Wildman–Crippen MR) is 162 cm³/mol. The van der Waals surface area contributed by atoms with E-state index >= 15 is 0 Å². The third-order valence-corrected chi connectivity index (χ3v) is 8.61. The summed E-state index contributed by atoms with van der Waals surface area (Å²) in [5.41, 5.74) is 1.21. The minimum atomic E-state index is -1.17. The molecule has 1 aliphatic carbocycles. The fraction of sp³-hybridized carbons (Fsp3) is 0.273. The molecular weight excluding hydrogens is 620 g/mol. The zero-order valence-electron chi connectivity index (χ0n) is 23.2. The summed E-state index contributed by atoms with van der Waals surface area (Å²) in [4.78, 5) is 29.5. The number of aromatic nitrogens is 1. The quantitative estimate of drug-likeness (QED) is 0.217. The molecule has 0 spiro atoms. The van der Waals surface area contributed by atoms with Crippen LogP contribution in [0.2, 0.25) is 0 Å². The van der Waals surface area contributed by atoms with Crippen molar-refractivity contribution in [2.24, 2.45) is 0 Å². The van der Waals surface area contributed by atoms with E-state index in [0.717, 1.165) is 37.0 Å². The van der Waals surface area contributed by atoms with Crippen molar-refractivity contribution in [3.8, 4) is 11.5 Å². The molecule has 3 aromatic carbocycles. The number of hydrogen-bond acceptors (Lipinski definition) is 5. The highest BCUT2D eigenvalue weighted by Gasteiger charge is 2.47. The Kier molecular flexibility index (Phi) is 8.21. The Balaban J connectivity index is 1.59. The molecule has 2 heterocycles. The molecule has 1 N–H and O–H groups in total. The molecule has 10 heteroatoms. The van der Waals surface area contributed by atoms with Crippen molar-refractivity contribution in [2.45, 2.75) is 50.5 Å². The molecule has 7 nitrogen and oxygen atoms in total. The monoisotopic (exact) mass is 649 g/mol. The lowest BCUT2D eigenvalue weighted by Crippen LogP contribution is -2.65. The van der Waals surface area contributed by atoms with Gasteiger partial charge in [0.15, 0.2) is 23.1 Å². The number of pyridine rings is 1. The topological polar surface area (TPSA) is 75.0 Å². The number of fused-ring (bicyclic) bond motifs is 1. The Morgan fingerprint density at radius 2 is 1.63 bits per heavy atom. The largest absolute Gasteiger partial charge is 0.507 e. The minimum Gasteiger partial charge on any atom is -0.507 e. The summed E-state index contributed by atoms with van der Waals surface area (Å²) in [6.45, 7) is 0.0701. The van der Waals surface area contributed by atoms with Gasteiger partial charge in [-0.15, -0.1) is 0 Å². The normalized spacial score (nSPS) is 17.4. The number of rotatable bonds is 9. The van der Waals surface area contributed by atoms with Crippen molar-refractivity contribution < 1.29 is 23.4 Å². The second-order valence-electron chi connectivity index (χ2n) is 10.8. The van der Waals surface area contributed by atoms with Gasteiger partial charge < -0.3 is 14.7 Å². The maximum Gasteiger partial charge on any atom is 0.278 e. The number of phenolic OH excluding ortho intramolecular Hbond substituents is 1. The first-order chi connectivity index (χ1) is 20.9. The van der Waals surface area contributed by atoms with E-state index < -0.39 is 35.0 Å². The van der Waals surface area contributed by atoms with Crippen LogP contribution in [0.5, 0.6) is 11.5 Å². The van der Waals surface area contributed by atoms with Gasteiger partial charge in [-0.05, 0) is 42.9 Å². The molecule has 6 rings (SSSR count). The molecule has 1 saturated carbocycles. The first-order valence-corrected chi connectivity index (χ1v) is 15.3. The molecule has 2 aliphatic rings. The van der Waals surface area contributed by atoms with Crippen LogP contribution in [0.4, 0.5) is 8.78 Å². The Bertz CT molecular complexity index is 1680. The van der Waals surface area contributed by atoms with Crippen LogP contribution in [-0.4, -0.2) is 38.1 Å². The minimum absolute atomic E-state index is 0.0455. The van der Waals surface area contributed by atoms with Gasteiger partial charge in [-0.2, -0.15) is 0 Å². The number of alkyl halides is 1. The predicted octanol–water partition coefficient (Wildman–Crippen LogP) is 6.26. The van der Waals surface area contributed by atoms with Crippen LogP contribution in [0.25, 0.3) is 0 Å². The third-order valence-electron chi connectivity index (χ3n) is 8.15. The number of hydrogen-bond donors (Lipinski definition) is 1. The molecule has 1 fully saturated rings. The summed E-state index contributed by atoms with van der Waals surface area (Å²) >= 11 is 3.56. The summed E-state index contributed by atoms with van der Waals surface area (Å²) < 4.78 is 36.7. The van der Waals surface area contributed by atoms with E-state index in [4.69, 9.17) is 4.74 Å². The fourth-order valence-corrected chi connectivity index (χ4v) is 6.32. The molecule has 2 atom stereocenters. The molecule has 1 amide bonds. The van der Waals surface area contributed by atoms with Crippen molar-refractivity contribution in [1.29, 1.82) is 0 Å². The highest BCUT2D eigenvalue weighted by Crippen LogP contribution is 2.42. The Morgan fingerprint density at radius 3 is 2.28 bits per heavy atom. The maximum atomic E-state index is 14.8. The van der Waals surface area contributed by atoms with Crippen LogP contribution in [0.1, 0.15) is 58.9 Å². The lowest BCUT2D eigenvalue weighted by Gasteiger charge is -2.53. The van der Waals surface area contributed by atoms with Gasteiger partial charge in [0.25, 0.3) is 5.91 Å². The molecular formula is C33H30BrF2N3O4. The summed E-state index contributed by atoms with van der Waals surface area (Å²) in [7, 11) is 0. The highest BCUT2D eigenvalue weighted by molar-refractivity contribution is 9.09. The molecule has 2 unspecified atom stereocenters. The Morgan fingerprint density at radius 1 is 0.953 bits per heavy atom. The van der Waals surface area contributed by atoms with Gasteiger partial charge >= 0.3 is 0 Å². The number of ether oxygens (including phenoxy) is 1. The second kappa shape index (κ2) is 12.2. The molecule has 43 heavy (non-hydrogen) atoms. The van der Waals surface area contributed by atoms with E-state index in [1.807, 2.05) is 65.7 Å². The van der Waals surface area contributed by atoms with Gasteiger partial charge in [-0.1, -0.05) is 76.6 Å². The van der Waals surface area contributed by atoms with Gasteiger partial charge in [-0.25, -0.2) is 8.78 Å². The average molecular weight is 651 g/mol. The SMILES string of the molecule is O=C1c2c(OCc3ccccc3)c(=O)ccn2N(C(c2ccccc2)c2cc(F)c(F)cc2O)C(CCBr)N1C1CCC1. The Hall–Kier alpha value is -4.18. The molecule has 222 valence electrons. The van der Waals surface area contributed by atoms with Crippen molar-refractivity contribution in [3.05, 3.63) is 129 Å². The van der Waals surface area contributed by atoms with E-state index in [0.29, 0.717) is 17.3 Å². The van der Waals surface area contributed by atoms with Gasteiger partial charge in [-0.3, -0.25) is 19.3 Å². The van der Waals surface area contributed by atoms with Gasteiger partial charge in [0.2, 0.25) is 5.43 Å². The third kappa shape index (κ3) is 5.40. The van der Waals surface area contributed by atoms with E-state index in [9.17, 15) is 23.5 Å². The standard InChI is InChI=1S/C33H30BrF2N3O4/c34-16-14-29-38(23-12-7-13-23)33(42)31-32(43-20-21-8-3-1-4-9-21)27(40)15-17-37(31)39(29)30(22-10-5-2-6-11-22)24-18-25(35)26(36)19-28(24)41/h1-6,8-11,15,17-19,23,29-30,41H,7,12-14,16,20H2. The number of carbonyl (C=O) groups excluding carboxylic acids is 1. The van der Waals surface area contributed by atoms with Crippen LogP contribution in [0.15, 0.2) is 89.9 Å². The molecule has 1 aromatic heterocycles. The highest BCUT2D eigenvalue weighted by atomic mass is 79.9. The van der Waals surface area contributed by atoms with Crippen LogP contribution in [-0.2, 0) is 6.61 Å². The first-order valence-electron chi connectivity index (χ1n) is 14.2. The van der Waals surface area contributed by atoms with E-state index in [2.05, 4.69) is 15.9 Å². The van der Waals surface area contributed by atoms with E-state index in [1.165, 1.54) is 12.3 Å². The number of carbonyl (C=O) groups is 1. The van der Waals surface area contributed by atoms with Crippen LogP contribution in [0.3, 0.4) is 0 Å². The summed E-state index contributed by atoms with van der Waals surface area (Å²) in [5, 5.41) is 13.4. The molecule has 0 bridgehead atoms.